The molecule has 0 bridgehead atoms. The second-order valence-electron chi connectivity index (χ2n) is 4.79. The van der Waals surface area contributed by atoms with Crippen LogP contribution in [0.25, 0.3) is 0 Å². The van der Waals surface area contributed by atoms with Gasteiger partial charge in [0, 0.05) is 12.1 Å². The highest BCUT2D eigenvalue weighted by Crippen LogP contribution is 2.14. The zero-order valence-corrected chi connectivity index (χ0v) is 10.2. The molecule has 0 radical (unpaired) electrons. The van der Waals surface area contributed by atoms with Gasteiger partial charge in [-0.25, -0.2) is 4.39 Å². The number of nitrogens with zero attached hydrogens (tertiary/aromatic N) is 1. The minimum Gasteiger partial charge on any atom is -0.292 e. The first kappa shape index (κ1) is 12.1. The van der Waals surface area contributed by atoms with Crippen molar-refractivity contribution in [3.63, 3.8) is 0 Å². The first-order valence-electron chi connectivity index (χ1n) is 6.21. The van der Waals surface area contributed by atoms with Crippen LogP contribution >= 0.6 is 0 Å². The van der Waals surface area contributed by atoms with Crippen LogP contribution in [0.3, 0.4) is 0 Å². The second-order valence-corrected chi connectivity index (χ2v) is 4.79. The van der Waals surface area contributed by atoms with Gasteiger partial charge in [-0.3, -0.25) is 4.90 Å². The zero-order valence-electron chi connectivity index (χ0n) is 10.2. The quantitative estimate of drug-likeness (QED) is 0.672. The fourth-order valence-electron chi connectivity index (χ4n) is 2.22. The predicted octanol–water partition coefficient (Wildman–Crippen LogP) is 2.91. The summed E-state index contributed by atoms with van der Waals surface area (Å²) in [7, 11) is 0. The normalized spacial score (nSPS) is 20.7. The molecule has 1 aliphatic heterocycles. The minimum absolute atomic E-state index is 0.208. The summed E-state index contributed by atoms with van der Waals surface area (Å²) in [5.41, 5.74) is 0.886. The van der Waals surface area contributed by atoms with E-state index in [1.165, 1.54) is 25.0 Å². The van der Waals surface area contributed by atoms with E-state index in [0.29, 0.717) is 0 Å². The average Bonchev–Trinajstić information content (AvgIpc) is 2.32. The third-order valence-corrected chi connectivity index (χ3v) is 3.12. The van der Waals surface area contributed by atoms with Crippen LogP contribution in [0.15, 0.2) is 24.3 Å². The van der Waals surface area contributed by atoms with Crippen LogP contribution in [-0.4, -0.2) is 24.5 Å². The summed E-state index contributed by atoms with van der Waals surface area (Å²) in [6, 6.07) is 6.35. The van der Waals surface area contributed by atoms with E-state index in [9.17, 15) is 4.39 Å². The van der Waals surface area contributed by atoms with Gasteiger partial charge in [-0.1, -0.05) is 18.8 Å². The summed E-state index contributed by atoms with van der Waals surface area (Å²) in [6.45, 7) is 5.42. The molecule has 90 valence electrons. The van der Waals surface area contributed by atoms with Crippen molar-refractivity contribution in [3.8, 4) is 11.8 Å². The maximum Gasteiger partial charge on any atom is 0.123 e. The molecule has 0 aromatic heterocycles. The van der Waals surface area contributed by atoms with Crippen LogP contribution in [0.4, 0.5) is 4.39 Å². The monoisotopic (exact) mass is 231 g/mol. The van der Waals surface area contributed by atoms with Crippen molar-refractivity contribution < 1.29 is 4.39 Å². The number of hydrogen-bond acceptors (Lipinski definition) is 1. The molecule has 17 heavy (non-hydrogen) atoms. The Hall–Kier alpha value is -1.33. The standard InChI is InChI=1S/C15H18FN/c1-13-4-2-10-17(12-13)11-3-5-14-6-8-15(16)9-7-14/h6-9,13H,2,4,10-12H2,1H3. The summed E-state index contributed by atoms with van der Waals surface area (Å²) in [6.07, 6.45) is 2.61. The average molecular weight is 231 g/mol. The van der Waals surface area contributed by atoms with Gasteiger partial charge in [-0.05, 0) is 49.6 Å². The summed E-state index contributed by atoms with van der Waals surface area (Å²) in [4.78, 5) is 2.39. The highest BCUT2D eigenvalue weighted by Gasteiger charge is 2.14. The summed E-state index contributed by atoms with van der Waals surface area (Å²) in [5, 5.41) is 0. The van der Waals surface area contributed by atoms with E-state index in [-0.39, 0.29) is 5.82 Å². The van der Waals surface area contributed by atoms with Crippen LogP contribution in [0.2, 0.25) is 0 Å². The number of rotatable bonds is 1. The number of hydrogen-bond donors (Lipinski definition) is 0. The molecular formula is C15H18FN. The molecule has 0 spiro atoms. The van der Waals surface area contributed by atoms with Crippen LogP contribution in [0.5, 0.6) is 0 Å². The Bertz CT molecular complexity index is 413. The number of likely N-dealkylation sites (tertiary alicyclic amines) is 1. The molecule has 0 aliphatic carbocycles. The first-order chi connectivity index (χ1) is 8.24. The highest BCUT2D eigenvalue weighted by molar-refractivity contribution is 5.34. The van der Waals surface area contributed by atoms with E-state index in [2.05, 4.69) is 23.7 Å². The molecule has 0 amide bonds. The van der Waals surface area contributed by atoms with E-state index in [1.54, 1.807) is 12.1 Å². The van der Waals surface area contributed by atoms with Gasteiger partial charge < -0.3 is 0 Å². The molecule has 2 heteroatoms. The van der Waals surface area contributed by atoms with Crippen LogP contribution in [0.1, 0.15) is 25.3 Å². The molecule has 1 aromatic rings. The largest absolute Gasteiger partial charge is 0.292 e. The lowest BCUT2D eigenvalue weighted by Crippen LogP contribution is -2.34. The third-order valence-electron chi connectivity index (χ3n) is 3.12. The van der Waals surface area contributed by atoms with Gasteiger partial charge in [0.05, 0.1) is 6.54 Å². The van der Waals surface area contributed by atoms with Crippen LogP contribution in [-0.2, 0) is 0 Å². The Kier molecular flexibility index (Phi) is 4.17. The number of piperidine rings is 1. The van der Waals surface area contributed by atoms with E-state index in [1.807, 2.05) is 0 Å². The molecule has 1 saturated heterocycles. The van der Waals surface area contributed by atoms with Crippen molar-refractivity contribution in [2.24, 2.45) is 5.92 Å². The maximum atomic E-state index is 12.7. The SMILES string of the molecule is CC1CCCN(CC#Cc2ccc(F)cc2)C1. The number of benzene rings is 1. The highest BCUT2D eigenvalue weighted by atomic mass is 19.1. The Morgan fingerprint density at radius 1 is 1.35 bits per heavy atom. The summed E-state index contributed by atoms with van der Waals surface area (Å²) < 4.78 is 12.7. The molecule has 1 unspecified atom stereocenters. The molecule has 1 aromatic carbocycles. The van der Waals surface area contributed by atoms with Crippen molar-refractivity contribution in [1.29, 1.82) is 0 Å². The topological polar surface area (TPSA) is 3.24 Å². The van der Waals surface area contributed by atoms with Crippen molar-refractivity contribution >= 4 is 0 Å². The van der Waals surface area contributed by atoms with Gasteiger partial charge in [0.2, 0.25) is 0 Å². The molecule has 1 nitrogen and oxygen atoms in total. The molecule has 1 fully saturated rings. The molecule has 2 rings (SSSR count). The molecule has 1 aliphatic rings. The molecule has 0 N–H and O–H groups in total. The van der Waals surface area contributed by atoms with E-state index >= 15 is 0 Å². The number of halogens is 1. The summed E-state index contributed by atoms with van der Waals surface area (Å²) >= 11 is 0. The summed E-state index contributed by atoms with van der Waals surface area (Å²) in [5.74, 6) is 6.82. The second kappa shape index (κ2) is 5.84. The molecular weight excluding hydrogens is 213 g/mol. The van der Waals surface area contributed by atoms with E-state index < -0.39 is 0 Å². The Labute approximate surface area is 103 Å². The van der Waals surface area contributed by atoms with Crippen LogP contribution < -0.4 is 0 Å². The van der Waals surface area contributed by atoms with Gasteiger partial charge in [-0.15, -0.1) is 0 Å². The molecule has 1 atom stereocenters. The van der Waals surface area contributed by atoms with Crippen molar-refractivity contribution in [2.75, 3.05) is 19.6 Å². The van der Waals surface area contributed by atoms with Gasteiger partial charge in [0.25, 0.3) is 0 Å². The molecule has 0 saturated carbocycles. The van der Waals surface area contributed by atoms with Crippen molar-refractivity contribution in [2.45, 2.75) is 19.8 Å². The van der Waals surface area contributed by atoms with Gasteiger partial charge in [0.1, 0.15) is 5.82 Å². The predicted molar refractivity (Wildman–Crippen MR) is 68.1 cm³/mol. The first-order valence-corrected chi connectivity index (χ1v) is 6.21. The Morgan fingerprint density at radius 2 is 2.12 bits per heavy atom. The van der Waals surface area contributed by atoms with Gasteiger partial charge >= 0.3 is 0 Å². The lowest BCUT2D eigenvalue weighted by atomic mass is 10.0. The fraction of sp³-hybridized carbons (Fsp3) is 0.467. The van der Waals surface area contributed by atoms with Crippen molar-refractivity contribution in [1.82, 2.24) is 4.90 Å². The molecule has 1 heterocycles. The Morgan fingerprint density at radius 3 is 2.82 bits per heavy atom. The fourth-order valence-corrected chi connectivity index (χ4v) is 2.22. The smallest absolute Gasteiger partial charge is 0.123 e. The minimum atomic E-state index is -0.208. The lowest BCUT2D eigenvalue weighted by molar-refractivity contribution is 0.204. The maximum absolute atomic E-state index is 12.7. The van der Waals surface area contributed by atoms with Crippen molar-refractivity contribution in [3.05, 3.63) is 35.6 Å². The van der Waals surface area contributed by atoms with Gasteiger partial charge in [-0.2, -0.15) is 0 Å². The van der Waals surface area contributed by atoms with E-state index in [0.717, 1.165) is 31.1 Å². The van der Waals surface area contributed by atoms with E-state index in [4.69, 9.17) is 0 Å². The van der Waals surface area contributed by atoms with Crippen LogP contribution in [0, 0.1) is 23.6 Å². The lowest BCUT2D eigenvalue weighted by Gasteiger charge is -2.28. The zero-order chi connectivity index (χ0) is 12.1. The Balaban J connectivity index is 1.87. The third kappa shape index (κ3) is 3.87. The van der Waals surface area contributed by atoms with Gasteiger partial charge in [0.15, 0.2) is 0 Å².